The van der Waals surface area contributed by atoms with Gasteiger partial charge < -0.3 is 15.0 Å². The second-order valence-corrected chi connectivity index (χ2v) is 7.44. The summed E-state index contributed by atoms with van der Waals surface area (Å²) in [6.07, 6.45) is 3.34. The monoisotopic (exact) mass is 386 g/mol. The Morgan fingerprint density at radius 3 is 2.59 bits per heavy atom. The SMILES string of the molecule is O=C(NC1CCN(c2ccc(-c3ccccc3Cl)nn2)CC1)C1CCCO1. The summed E-state index contributed by atoms with van der Waals surface area (Å²) in [4.78, 5) is 14.4. The van der Waals surface area contributed by atoms with Crippen LogP contribution in [0.5, 0.6) is 0 Å². The summed E-state index contributed by atoms with van der Waals surface area (Å²) in [7, 11) is 0. The van der Waals surface area contributed by atoms with Crippen molar-refractivity contribution in [1.29, 1.82) is 0 Å². The molecule has 6 nitrogen and oxygen atoms in total. The third-order valence-corrected chi connectivity index (χ3v) is 5.52. The summed E-state index contributed by atoms with van der Waals surface area (Å²) in [6.45, 7) is 2.38. The molecule has 0 saturated carbocycles. The number of carbonyl (C=O) groups is 1. The predicted molar refractivity (Wildman–Crippen MR) is 105 cm³/mol. The van der Waals surface area contributed by atoms with Crippen LogP contribution < -0.4 is 10.2 Å². The van der Waals surface area contributed by atoms with Gasteiger partial charge in [0.1, 0.15) is 6.10 Å². The van der Waals surface area contributed by atoms with E-state index in [2.05, 4.69) is 20.4 Å². The minimum absolute atomic E-state index is 0.0369. The van der Waals surface area contributed by atoms with Crippen molar-refractivity contribution in [2.75, 3.05) is 24.6 Å². The van der Waals surface area contributed by atoms with Gasteiger partial charge in [-0.2, -0.15) is 0 Å². The Balaban J connectivity index is 1.33. The number of carbonyl (C=O) groups excluding carboxylic acids is 1. The molecule has 1 N–H and O–H groups in total. The van der Waals surface area contributed by atoms with Gasteiger partial charge in [-0.25, -0.2) is 0 Å². The molecule has 0 bridgehead atoms. The highest BCUT2D eigenvalue weighted by Gasteiger charge is 2.27. The zero-order chi connectivity index (χ0) is 18.6. The first kappa shape index (κ1) is 18.2. The van der Waals surface area contributed by atoms with Gasteiger partial charge in [0.25, 0.3) is 0 Å². The highest BCUT2D eigenvalue weighted by molar-refractivity contribution is 6.33. The molecule has 142 valence electrons. The third-order valence-electron chi connectivity index (χ3n) is 5.19. The normalized spacial score (nSPS) is 20.6. The molecule has 2 aromatic rings. The molecule has 0 spiro atoms. The van der Waals surface area contributed by atoms with Crippen LogP contribution in [0.25, 0.3) is 11.3 Å². The summed E-state index contributed by atoms with van der Waals surface area (Å²) in [5, 5.41) is 12.5. The molecular weight excluding hydrogens is 364 g/mol. The number of rotatable bonds is 4. The van der Waals surface area contributed by atoms with Crippen LogP contribution in [0.15, 0.2) is 36.4 Å². The van der Waals surface area contributed by atoms with E-state index >= 15 is 0 Å². The van der Waals surface area contributed by atoms with E-state index in [1.165, 1.54) is 0 Å². The maximum Gasteiger partial charge on any atom is 0.249 e. The van der Waals surface area contributed by atoms with E-state index in [4.69, 9.17) is 16.3 Å². The second-order valence-electron chi connectivity index (χ2n) is 7.03. The van der Waals surface area contributed by atoms with Crippen molar-refractivity contribution in [2.45, 2.75) is 37.8 Å². The van der Waals surface area contributed by atoms with E-state index in [1.54, 1.807) is 0 Å². The van der Waals surface area contributed by atoms with E-state index in [-0.39, 0.29) is 18.1 Å². The van der Waals surface area contributed by atoms with Gasteiger partial charge in [0.15, 0.2) is 5.82 Å². The maximum atomic E-state index is 12.2. The van der Waals surface area contributed by atoms with Gasteiger partial charge in [0.2, 0.25) is 5.91 Å². The zero-order valence-electron chi connectivity index (χ0n) is 15.1. The number of hydrogen-bond donors (Lipinski definition) is 1. The molecule has 2 aliphatic heterocycles. The molecule has 1 amide bonds. The minimum atomic E-state index is -0.258. The van der Waals surface area contributed by atoms with Crippen LogP contribution in [0.3, 0.4) is 0 Å². The van der Waals surface area contributed by atoms with Gasteiger partial charge in [-0.3, -0.25) is 4.79 Å². The minimum Gasteiger partial charge on any atom is -0.368 e. The Morgan fingerprint density at radius 1 is 1.11 bits per heavy atom. The number of nitrogens with one attached hydrogen (secondary N) is 1. The fourth-order valence-electron chi connectivity index (χ4n) is 3.64. The molecule has 27 heavy (non-hydrogen) atoms. The molecule has 4 rings (SSSR count). The van der Waals surface area contributed by atoms with Gasteiger partial charge in [-0.05, 0) is 43.9 Å². The van der Waals surface area contributed by atoms with Gasteiger partial charge in [0, 0.05) is 31.3 Å². The Morgan fingerprint density at radius 2 is 1.93 bits per heavy atom. The standard InChI is InChI=1S/C20H23ClN4O2/c21-16-5-2-1-4-15(16)17-7-8-19(24-23-17)25-11-9-14(10-12-25)22-20(26)18-6-3-13-27-18/h1-2,4-5,7-8,14,18H,3,6,9-13H2,(H,22,26). The molecule has 0 radical (unpaired) electrons. The first-order chi connectivity index (χ1) is 13.2. The van der Waals surface area contributed by atoms with Crippen molar-refractivity contribution in [3.8, 4) is 11.3 Å². The lowest BCUT2D eigenvalue weighted by molar-refractivity contribution is -0.130. The maximum absolute atomic E-state index is 12.2. The number of aromatic nitrogens is 2. The fraction of sp³-hybridized carbons (Fsp3) is 0.450. The van der Waals surface area contributed by atoms with Crippen molar-refractivity contribution in [3.05, 3.63) is 41.4 Å². The molecule has 0 aliphatic carbocycles. The number of nitrogens with zero attached hydrogens (tertiary/aromatic N) is 3. The van der Waals surface area contributed by atoms with Gasteiger partial charge in [0.05, 0.1) is 10.7 Å². The number of halogens is 1. The van der Waals surface area contributed by atoms with Crippen molar-refractivity contribution >= 4 is 23.3 Å². The summed E-state index contributed by atoms with van der Waals surface area (Å²) in [5.74, 6) is 0.893. The van der Waals surface area contributed by atoms with Crippen molar-refractivity contribution < 1.29 is 9.53 Å². The Bertz CT molecular complexity index is 785. The van der Waals surface area contributed by atoms with Gasteiger partial charge in [-0.15, -0.1) is 10.2 Å². The highest BCUT2D eigenvalue weighted by atomic mass is 35.5. The zero-order valence-corrected chi connectivity index (χ0v) is 15.9. The summed E-state index contributed by atoms with van der Waals surface area (Å²) < 4.78 is 5.45. The smallest absolute Gasteiger partial charge is 0.249 e. The van der Waals surface area contributed by atoms with E-state index in [0.717, 1.165) is 55.8 Å². The van der Waals surface area contributed by atoms with Crippen LogP contribution in [0.2, 0.25) is 5.02 Å². The molecule has 2 aliphatic rings. The quantitative estimate of drug-likeness (QED) is 0.874. The number of ether oxygens (including phenoxy) is 1. The fourth-order valence-corrected chi connectivity index (χ4v) is 3.87. The Labute approximate surface area is 163 Å². The van der Waals surface area contributed by atoms with E-state index in [0.29, 0.717) is 11.6 Å². The van der Waals surface area contributed by atoms with E-state index in [1.807, 2.05) is 36.4 Å². The lowest BCUT2D eigenvalue weighted by Gasteiger charge is -2.33. The van der Waals surface area contributed by atoms with Crippen molar-refractivity contribution in [2.24, 2.45) is 0 Å². The van der Waals surface area contributed by atoms with E-state index < -0.39 is 0 Å². The predicted octanol–water partition coefficient (Wildman–Crippen LogP) is 3.06. The number of piperidine rings is 1. The van der Waals surface area contributed by atoms with Crippen LogP contribution in [-0.4, -0.2) is 47.9 Å². The lowest BCUT2D eigenvalue weighted by atomic mass is 10.0. The summed E-state index contributed by atoms with van der Waals surface area (Å²) >= 11 is 6.23. The molecule has 3 heterocycles. The van der Waals surface area contributed by atoms with Crippen LogP contribution in [0.4, 0.5) is 5.82 Å². The number of hydrogen-bond acceptors (Lipinski definition) is 5. The molecular formula is C20H23ClN4O2. The molecule has 2 saturated heterocycles. The van der Waals surface area contributed by atoms with Crippen LogP contribution >= 0.6 is 11.6 Å². The molecule has 1 aromatic heterocycles. The van der Waals surface area contributed by atoms with Gasteiger partial charge >= 0.3 is 0 Å². The van der Waals surface area contributed by atoms with Gasteiger partial charge in [-0.1, -0.05) is 29.8 Å². The Kier molecular flexibility index (Phi) is 5.55. The average molecular weight is 387 g/mol. The van der Waals surface area contributed by atoms with Crippen molar-refractivity contribution in [3.63, 3.8) is 0 Å². The molecule has 2 fully saturated rings. The first-order valence-corrected chi connectivity index (χ1v) is 9.84. The molecule has 1 atom stereocenters. The lowest BCUT2D eigenvalue weighted by Crippen LogP contribution is -2.47. The molecule has 7 heteroatoms. The topological polar surface area (TPSA) is 67.4 Å². The Hall–Kier alpha value is -2.18. The third kappa shape index (κ3) is 4.22. The van der Waals surface area contributed by atoms with Crippen LogP contribution in [0, 0.1) is 0 Å². The largest absolute Gasteiger partial charge is 0.368 e. The summed E-state index contributed by atoms with van der Waals surface area (Å²) in [5.41, 5.74) is 1.65. The number of anilines is 1. The number of benzene rings is 1. The average Bonchev–Trinajstić information content (AvgIpc) is 3.24. The van der Waals surface area contributed by atoms with Crippen LogP contribution in [0.1, 0.15) is 25.7 Å². The summed E-state index contributed by atoms with van der Waals surface area (Å²) in [6, 6.07) is 11.8. The molecule has 1 unspecified atom stereocenters. The molecule has 1 aromatic carbocycles. The van der Waals surface area contributed by atoms with Crippen LogP contribution in [-0.2, 0) is 9.53 Å². The van der Waals surface area contributed by atoms with E-state index in [9.17, 15) is 4.79 Å². The first-order valence-electron chi connectivity index (χ1n) is 9.46. The van der Waals surface area contributed by atoms with Crippen molar-refractivity contribution in [1.82, 2.24) is 15.5 Å². The number of amides is 1. The second kappa shape index (κ2) is 8.23. The highest BCUT2D eigenvalue weighted by Crippen LogP contribution is 2.26.